The number of hydrogen-bond donors (Lipinski definition) is 1. The first-order valence-electron chi connectivity index (χ1n) is 7.61. The van der Waals surface area contributed by atoms with Crippen LogP contribution in [-0.4, -0.2) is 26.1 Å². The van der Waals surface area contributed by atoms with Gasteiger partial charge in [-0.15, -0.1) is 0 Å². The van der Waals surface area contributed by atoms with Crippen molar-refractivity contribution in [2.75, 3.05) is 11.9 Å². The zero-order valence-corrected chi connectivity index (χ0v) is 13.6. The highest BCUT2D eigenvalue weighted by molar-refractivity contribution is 9.10. The number of halogens is 1. The molecule has 2 aliphatic rings. The van der Waals surface area contributed by atoms with E-state index in [2.05, 4.69) is 37.7 Å². The van der Waals surface area contributed by atoms with Gasteiger partial charge in [0.2, 0.25) is 0 Å². The van der Waals surface area contributed by atoms with E-state index in [-0.39, 0.29) is 0 Å². The maximum atomic E-state index is 4.83. The second kappa shape index (κ2) is 5.09. The molecule has 5 nitrogen and oxygen atoms in total. The molecular weight excluding hydrogens is 330 g/mol. The second-order valence-corrected chi connectivity index (χ2v) is 6.61. The number of hydrogen-bond acceptors (Lipinski definition) is 4. The van der Waals surface area contributed by atoms with Crippen molar-refractivity contribution >= 4 is 21.7 Å². The number of imidazole rings is 1. The second-order valence-electron chi connectivity index (χ2n) is 5.82. The van der Waals surface area contributed by atoms with E-state index in [1.54, 1.807) is 0 Å². The Kier molecular flexibility index (Phi) is 3.21. The Bertz CT molecular complexity index is 673. The van der Waals surface area contributed by atoms with Crippen LogP contribution in [0.15, 0.2) is 17.0 Å². The number of nitrogens with zero attached hydrogens (tertiary/aromatic N) is 4. The highest BCUT2D eigenvalue weighted by Gasteiger charge is 2.31. The van der Waals surface area contributed by atoms with Crippen molar-refractivity contribution in [1.82, 2.24) is 19.5 Å². The third-order valence-electron chi connectivity index (χ3n) is 4.02. The highest BCUT2D eigenvalue weighted by Crippen LogP contribution is 2.45. The molecule has 2 saturated carbocycles. The summed E-state index contributed by atoms with van der Waals surface area (Å²) in [6.07, 6.45) is 8.70. The van der Waals surface area contributed by atoms with Crippen LogP contribution in [0.2, 0.25) is 0 Å². The smallest absolute Gasteiger partial charge is 0.180 e. The molecule has 21 heavy (non-hydrogen) atoms. The van der Waals surface area contributed by atoms with Gasteiger partial charge in [-0.25, -0.2) is 15.0 Å². The summed E-state index contributed by atoms with van der Waals surface area (Å²) in [6.45, 7) is 2.93. The van der Waals surface area contributed by atoms with Crippen LogP contribution in [0.4, 0.5) is 5.82 Å². The van der Waals surface area contributed by atoms with E-state index in [1.807, 2.05) is 12.5 Å². The van der Waals surface area contributed by atoms with E-state index < -0.39 is 0 Å². The van der Waals surface area contributed by atoms with Gasteiger partial charge in [0.25, 0.3) is 0 Å². The molecule has 4 rings (SSSR count). The quantitative estimate of drug-likeness (QED) is 0.894. The first-order chi connectivity index (χ1) is 10.3. The molecule has 2 aliphatic carbocycles. The molecule has 0 radical (unpaired) electrons. The maximum absolute atomic E-state index is 4.83. The highest BCUT2D eigenvalue weighted by atomic mass is 79.9. The molecule has 0 saturated heterocycles. The topological polar surface area (TPSA) is 55.6 Å². The number of nitrogens with one attached hydrogen (secondary N) is 1. The summed E-state index contributed by atoms with van der Waals surface area (Å²) >= 11 is 3.67. The van der Waals surface area contributed by atoms with Crippen molar-refractivity contribution in [3.8, 4) is 11.5 Å². The Balaban J connectivity index is 1.81. The summed E-state index contributed by atoms with van der Waals surface area (Å²) in [6, 6.07) is 0.585. The van der Waals surface area contributed by atoms with Crippen LogP contribution in [-0.2, 0) is 0 Å². The Labute approximate surface area is 132 Å². The number of aromatic nitrogens is 4. The van der Waals surface area contributed by atoms with Gasteiger partial charge in [0.05, 0.1) is 22.7 Å². The predicted molar refractivity (Wildman–Crippen MR) is 85.4 cm³/mol. The standard InChI is InChI=1S/C15H18BrN5/c1-2-18-15-12(16)13(9-3-4-9)19-14(20-15)11-7-17-8-21(11)10-5-6-10/h7-10H,2-6H2,1H3,(H,18,19,20). The fraction of sp³-hybridized carbons (Fsp3) is 0.533. The minimum absolute atomic E-state index is 0.579. The van der Waals surface area contributed by atoms with E-state index in [0.717, 1.165) is 34.0 Å². The molecule has 2 fully saturated rings. The first kappa shape index (κ1) is 13.2. The fourth-order valence-corrected chi connectivity index (χ4v) is 3.25. The Morgan fingerprint density at radius 3 is 2.76 bits per heavy atom. The van der Waals surface area contributed by atoms with Gasteiger partial charge in [-0.05, 0) is 48.5 Å². The normalized spacial score (nSPS) is 18.0. The molecule has 2 heterocycles. The van der Waals surface area contributed by atoms with E-state index in [4.69, 9.17) is 9.97 Å². The van der Waals surface area contributed by atoms with Crippen LogP contribution in [0.1, 0.15) is 50.3 Å². The van der Waals surface area contributed by atoms with Gasteiger partial charge in [-0.1, -0.05) is 0 Å². The van der Waals surface area contributed by atoms with Crippen molar-refractivity contribution in [3.05, 3.63) is 22.7 Å². The van der Waals surface area contributed by atoms with Crippen molar-refractivity contribution in [1.29, 1.82) is 0 Å². The lowest BCUT2D eigenvalue weighted by molar-refractivity contribution is 0.742. The lowest BCUT2D eigenvalue weighted by atomic mass is 10.2. The van der Waals surface area contributed by atoms with Crippen molar-refractivity contribution in [2.45, 2.75) is 44.6 Å². The third kappa shape index (κ3) is 2.46. The zero-order valence-electron chi connectivity index (χ0n) is 12.0. The molecule has 110 valence electrons. The molecule has 0 unspecified atom stereocenters. The van der Waals surface area contributed by atoms with Crippen LogP contribution in [0, 0.1) is 0 Å². The van der Waals surface area contributed by atoms with Crippen LogP contribution in [0.25, 0.3) is 11.5 Å². The van der Waals surface area contributed by atoms with Gasteiger partial charge in [0.15, 0.2) is 5.82 Å². The summed E-state index contributed by atoms with van der Waals surface area (Å²) < 4.78 is 3.24. The lowest BCUT2D eigenvalue weighted by Gasteiger charge is -2.13. The SMILES string of the molecule is CCNc1nc(-c2cncn2C2CC2)nc(C2CC2)c1Br. The molecule has 1 N–H and O–H groups in total. The van der Waals surface area contributed by atoms with Crippen LogP contribution < -0.4 is 5.32 Å². The van der Waals surface area contributed by atoms with Gasteiger partial charge < -0.3 is 9.88 Å². The molecule has 0 atom stereocenters. The fourth-order valence-electron chi connectivity index (χ4n) is 2.61. The van der Waals surface area contributed by atoms with Crippen molar-refractivity contribution < 1.29 is 0 Å². The van der Waals surface area contributed by atoms with Gasteiger partial charge in [0, 0.05) is 18.5 Å². The Morgan fingerprint density at radius 2 is 2.10 bits per heavy atom. The van der Waals surface area contributed by atoms with E-state index >= 15 is 0 Å². The molecule has 2 aromatic rings. The summed E-state index contributed by atoms with van der Waals surface area (Å²) in [5, 5.41) is 3.34. The van der Waals surface area contributed by atoms with E-state index in [1.165, 1.54) is 25.7 Å². The molecule has 2 aromatic heterocycles. The van der Waals surface area contributed by atoms with Gasteiger partial charge in [-0.2, -0.15) is 0 Å². The lowest BCUT2D eigenvalue weighted by Crippen LogP contribution is -2.07. The molecule has 0 aliphatic heterocycles. The monoisotopic (exact) mass is 347 g/mol. The van der Waals surface area contributed by atoms with Gasteiger partial charge in [0.1, 0.15) is 11.5 Å². The Hall–Kier alpha value is -1.43. The minimum atomic E-state index is 0.579. The average Bonchev–Trinajstić information content (AvgIpc) is 3.40. The van der Waals surface area contributed by atoms with Crippen molar-refractivity contribution in [2.24, 2.45) is 0 Å². The number of anilines is 1. The van der Waals surface area contributed by atoms with Crippen LogP contribution in [0.5, 0.6) is 0 Å². The maximum Gasteiger partial charge on any atom is 0.180 e. The molecule has 0 aromatic carbocycles. The number of rotatable bonds is 5. The first-order valence-corrected chi connectivity index (χ1v) is 8.40. The average molecular weight is 348 g/mol. The van der Waals surface area contributed by atoms with E-state index in [9.17, 15) is 0 Å². The molecule has 0 spiro atoms. The summed E-state index contributed by atoms with van der Waals surface area (Å²) in [4.78, 5) is 13.8. The molecular formula is C15H18BrN5. The minimum Gasteiger partial charge on any atom is -0.369 e. The van der Waals surface area contributed by atoms with Crippen LogP contribution in [0.3, 0.4) is 0 Å². The van der Waals surface area contributed by atoms with Gasteiger partial charge in [-0.3, -0.25) is 0 Å². The largest absolute Gasteiger partial charge is 0.369 e. The zero-order chi connectivity index (χ0) is 14.4. The summed E-state index contributed by atoms with van der Waals surface area (Å²) in [5.74, 6) is 2.27. The van der Waals surface area contributed by atoms with E-state index in [0.29, 0.717) is 12.0 Å². The predicted octanol–water partition coefficient (Wildman–Crippen LogP) is 3.75. The van der Waals surface area contributed by atoms with Crippen LogP contribution >= 0.6 is 15.9 Å². The van der Waals surface area contributed by atoms with Crippen molar-refractivity contribution in [3.63, 3.8) is 0 Å². The summed E-state index contributed by atoms with van der Waals surface area (Å²) in [5.41, 5.74) is 2.17. The third-order valence-corrected chi connectivity index (χ3v) is 4.80. The molecule has 0 bridgehead atoms. The van der Waals surface area contributed by atoms with Gasteiger partial charge >= 0.3 is 0 Å². The molecule has 0 amide bonds. The molecule has 6 heteroatoms. The summed E-state index contributed by atoms with van der Waals surface area (Å²) in [7, 11) is 0. The Morgan fingerprint density at radius 1 is 1.29 bits per heavy atom.